The van der Waals surface area contributed by atoms with Crippen molar-refractivity contribution in [1.29, 1.82) is 0 Å². The number of ether oxygens (including phenoxy) is 1. The van der Waals surface area contributed by atoms with Crippen LogP contribution in [-0.2, 0) is 30.4 Å². The molecule has 17 nitrogen and oxygen atoms in total. The van der Waals surface area contributed by atoms with Gasteiger partial charge in [0.25, 0.3) is 6.20 Å². The Morgan fingerprint density at radius 3 is 1.87 bits per heavy atom. The first-order valence-corrected chi connectivity index (χ1v) is 17.0. The van der Waals surface area contributed by atoms with Crippen LogP contribution in [0.25, 0.3) is 0 Å². The van der Waals surface area contributed by atoms with Crippen LogP contribution in [0.5, 0.6) is 5.75 Å². The van der Waals surface area contributed by atoms with Crippen LogP contribution in [0, 0.1) is 21.4 Å². The zero-order valence-electron chi connectivity index (χ0n) is 30.9. The number of nitro groups is 1. The summed E-state index contributed by atoms with van der Waals surface area (Å²) in [6, 6.07) is 9.74. The summed E-state index contributed by atoms with van der Waals surface area (Å²) in [5.74, 6) is -3.48. The third-order valence-electron chi connectivity index (χ3n) is 7.46. The minimum atomic E-state index is -1.34. The van der Waals surface area contributed by atoms with Crippen LogP contribution in [0.15, 0.2) is 60.6 Å². The van der Waals surface area contributed by atoms with Crippen molar-refractivity contribution in [3.05, 3.63) is 76.2 Å². The smallest absolute Gasteiger partial charge is 0.327 e. The van der Waals surface area contributed by atoms with E-state index < -0.39 is 52.7 Å². The summed E-state index contributed by atoms with van der Waals surface area (Å²) < 4.78 is 5.13. The molecule has 0 aliphatic rings. The molecule has 0 spiro atoms. The molecule has 8 N–H and O–H groups in total. The van der Waals surface area contributed by atoms with Gasteiger partial charge in [0, 0.05) is 24.3 Å². The Hall–Kier alpha value is -5.71. The van der Waals surface area contributed by atoms with Gasteiger partial charge in [-0.1, -0.05) is 46.8 Å². The Balaban J connectivity index is 1.98. The number of nitrogens with zero attached hydrogens (tertiary/aromatic N) is 1. The highest BCUT2D eigenvalue weighted by atomic mass is 16.6. The number of amides is 3. The summed E-state index contributed by atoms with van der Waals surface area (Å²) in [4.78, 5) is 72.7. The van der Waals surface area contributed by atoms with Crippen molar-refractivity contribution in [2.24, 2.45) is 11.3 Å². The minimum absolute atomic E-state index is 0.0170. The molecular weight excluding hydrogens is 690 g/mol. The predicted octanol–water partition coefficient (Wildman–Crippen LogP) is 2.92. The van der Waals surface area contributed by atoms with E-state index in [1.807, 2.05) is 34.6 Å². The second-order valence-electron chi connectivity index (χ2n) is 14.0. The molecule has 0 fully saturated rings. The second-order valence-corrected chi connectivity index (χ2v) is 14.0. The molecule has 2 aromatic rings. The number of anilines is 2. The van der Waals surface area contributed by atoms with Crippen molar-refractivity contribution < 1.29 is 43.8 Å². The average Bonchev–Trinajstić information content (AvgIpc) is 3.04. The number of methoxy groups -OCH3 is 1. The van der Waals surface area contributed by atoms with Crippen LogP contribution in [0.1, 0.15) is 59.4 Å². The number of nitrogens with one attached hydrogen (secondary N) is 6. The fourth-order valence-electron chi connectivity index (χ4n) is 4.98. The fourth-order valence-corrected chi connectivity index (χ4v) is 4.98. The number of hydrogen-bond donors (Lipinski definition) is 8. The van der Waals surface area contributed by atoms with E-state index in [9.17, 15) is 44.3 Å². The number of carboxylic acid groups (broad SMARTS) is 2. The minimum Gasteiger partial charge on any atom is -0.497 e. The molecule has 0 aliphatic heterocycles. The molecule has 0 aliphatic carbocycles. The summed E-state index contributed by atoms with van der Waals surface area (Å²) in [7, 11) is 1.53. The van der Waals surface area contributed by atoms with Gasteiger partial charge in [0.2, 0.25) is 17.7 Å². The van der Waals surface area contributed by atoms with Gasteiger partial charge in [0.1, 0.15) is 23.9 Å². The lowest BCUT2D eigenvalue weighted by Gasteiger charge is -2.23. The summed E-state index contributed by atoms with van der Waals surface area (Å²) in [5.41, 5.74) is 1.32. The number of rotatable bonds is 22. The molecule has 3 atom stereocenters. The number of aliphatic carboxylic acids is 2. The normalized spacial score (nSPS) is 13.2. The van der Waals surface area contributed by atoms with Gasteiger partial charge in [0.05, 0.1) is 18.5 Å². The van der Waals surface area contributed by atoms with Crippen LogP contribution in [0.3, 0.4) is 0 Å². The highest BCUT2D eigenvalue weighted by Gasteiger charge is 2.28. The summed E-state index contributed by atoms with van der Waals surface area (Å²) >= 11 is 0. The molecule has 3 amide bonds. The van der Waals surface area contributed by atoms with Gasteiger partial charge in [-0.25, -0.2) is 9.59 Å². The van der Waals surface area contributed by atoms with E-state index in [-0.39, 0.29) is 55.9 Å². The number of carbonyl (C=O) groups excluding carboxylic acids is 3. The van der Waals surface area contributed by atoms with Gasteiger partial charge < -0.3 is 46.9 Å². The van der Waals surface area contributed by atoms with E-state index in [2.05, 4.69) is 31.9 Å². The van der Waals surface area contributed by atoms with Crippen LogP contribution in [0.2, 0.25) is 0 Å². The lowest BCUT2D eigenvalue weighted by molar-refractivity contribution is -0.403. The molecule has 0 saturated carbocycles. The van der Waals surface area contributed by atoms with Crippen LogP contribution in [0.4, 0.5) is 11.4 Å². The first-order valence-electron chi connectivity index (χ1n) is 17.0. The van der Waals surface area contributed by atoms with Crippen molar-refractivity contribution >= 4 is 41.0 Å². The summed E-state index contributed by atoms with van der Waals surface area (Å²) in [6.45, 7) is 9.09. The zero-order valence-corrected chi connectivity index (χ0v) is 30.9. The van der Waals surface area contributed by atoms with Crippen molar-refractivity contribution in [3.8, 4) is 5.75 Å². The van der Waals surface area contributed by atoms with Gasteiger partial charge in [-0.05, 0) is 72.7 Å². The summed E-state index contributed by atoms with van der Waals surface area (Å²) in [5, 5.41) is 46.8. The molecule has 3 unspecified atom stereocenters. The van der Waals surface area contributed by atoms with E-state index >= 15 is 0 Å². The molecule has 53 heavy (non-hydrogen) atoms. The van der Waals surface area contributed by atoms with E-state index in [0.717, 1.165) is 6.20 Å². The standard InChI is InChI=1S/C36H51N7O10/c1-22(2)17-28(33(46)42-27(34(47)48)15-16-37-20-29(35(49)50)41-32(45)19-36(3,4)5)40-31(44)18-23-7-9-24(10-8-23)38-30(21-43(51)52)39-25-11-13-26(53-6)14-12-25/h7-14,21-22,27-29,37-39H,15-20H2,1-6H3,(H,40,44)(H,41,45)(H,42,46)(H,47,48)(H,49,50). The Labute approximate surface area is 308 Å². The Morgan fingerprint density at radius 1 is 0.830 bits per heavy atom. The van der Waals surface area contributed by atoms with Crippen LogP contribution < -0.4 is 36.6 Å². The molecule has 290 valence electrons. The Bertz CT molecular complexity index is 1590. The van der Waals surface area contributed by atoms with Gasteiger partial charge in [-0.15, -0.1) is 0 Å². The highest BCUT2D eigenvalue weighted by molar-refractivity contribution is 5.91. The topological polar surface area (TPSA) is 250 Å². The van der Waals surface area contributed by atoms with Gasteiger partial charge in [-0.3, -0.25) is 24.5 Å². The van der Waals surface area contributed by atoms with E-state index in [1.165, 1.54) is 7.11 Å². The molecule has 0 heterocycles. The average molecular weight is 742 g/mol. The van der Waals surface area contributed by atoms with E-state index in [4.69, 9.17) is 4.74 Å². The lowest BCUT2D eigenvalue weighted by atomic mass is 9.92. The van der Waals surface area contributed by atoms with Crippen molar-refractivity contribution in [2.45, 2.75) is 78.4 Å². The summed E-state index contributed by atoms with van der Waals surface area (Å²) in [6.07, 6.45) is 0.931. The number of benzene rings is 2. The Kier molecular flexibility index (Phi) is 17.2. The van der Waals surface area contributed by atoms with Crippen LogP contribution in [-0.4, -0.2) is 83.1 Å². The first-order chi connectivity index (χ1) is 24.8. The maximum absolute atomic E-state index is 13.2. The van der Waals surface area contributed by atoms with E-state index in [0.29, 0.717) is 22.7 Å². The van der Waals surface area contributed by atoms with E-state index in [1.54, 1.807) is 48.5 Å². The number of carboxylic acids is 2. The molecule has 2 rings (SSSR count). The third-order valence-corrected chi connectivity index (χ3v) is 7.46. The number of carbonyl (C=O) groups is 5. The second kappa shape index (κ2) is 21.0. The van der Waals surface area contributed by atoms with Crippen LogP contribution >= 0.6 is 0 Å². The first kappa shape index (κ1) is 43.5. The predicted molar refractivity (Wildman–Crippen MR) is 198 cm³/mol. The van der Waals surface area contributed by atoms with Gasteiger partial charge in [0.15, 0.2) is 5.82 Å². The monoisotopic (exact) mass is 741 g/mol. The maximum atomic E-state index is 13.2. The van der Waals surface area contributed by atoms with Gasteiger partial charge in [-0.2, -0.15) is 0 Å². The fraction of sp³-hybridized carbons (Fsp3) is 0.472. The zero-order chi connectivity index (χ0) is 39.7. The molecular formula is C36H51N7O10. The van der Waals surface area contributed by atoms with Crippen molar-refractivity contribution in [2.75, 3.05) is 30.8 Å². The number of hydrogen-bond acceptors (Lipinski definition) is 11. The molecule has 0 aromatic heterocycles. The highest BCUT2D eigenvalue weighted by Crippen LogP contribution is 2.19. The van der Waals surface area contributed by atoms with Crippen molar-refractivity contribution in [3.63, 3.8) is 0 Å². The maximum Gasteiger partial charge on any atom is 0.327 e. The largest absolute Gasteiger partial charge is 0.497 e. The Morgan fingerprint density at radius 2 is 1.38 bits per heavy atom. The lowest BCUT2D eigenvalue weighted by Crippen LogP contribution is -2.53. The molecule has 0 saturated heterocycles. The third kappa shape index (κ3) is 17.4. The quantitative estimate of drug-likeness (QED) is 0.0492. The van der Waals surface area contributed by atoms with Crippen molar-refractivity contribution in [1.82, 2.24) is 21.3 Å². The molecule has 17 heteroatoms. The molecule has 0 radical (unpaired) electrons. The SMILES string of the molecule is COc1ccc(NC(=C[N+](=O)[O-])Nc2ccc(CC(=O)NC(CC(C)C)C(=O)NC(CCNCC(NC(=O)CC(C)(C)C)C(=O)O)C(=O)O)cc2)cc1. The van der Waals surface area contributed by atoms with Gasteiger partial charge >= 0.3 is 11.9 Å². The molecule has 2 aromatic carbocycles. The molecule has 0 bridgehead atoms.